The van der Waals surface area contributed by atoms with Gasteiger partial charge in [0, 0.05) is 17.3 Å². The average Bonchev–Trinajstić information content (AvgIpc) is 3.22. The molecule has 2 aromatic rings. The minimum Gasteiger partial charge on any atom is -0.403 e. The molecule has 3 atom stereocenters. The van der Waals surface area contributed by atoms with Crippen LogP contribution < -0.4 is 15.8 Å². The Labute approximate surface area is 208 Å². The van der Waals surface area contributed by atoms with E-state index < -0.39 is 48.1 Å². The molecule has 2 aliphatic heterocycles. The minimum absolute atomic E-state index is 0.179. The lowest BCUT2D eigenvalue weighted by Gasteiger charge is -2.33. The predicted molar refractivity (Wildman–Crippen MR) is 132 cm³/mol. The average molecular weight is 523 g/mol. The molecule has 0 radical (unpaired) electrons. The summed E-state index contributed by atoms with van der Waals surface area (Å²) in [6.07, 6.45) is 3.25. The highest BCUT2D eigenvalue weighted by atomic mass is 31.2. The van der Waals surface area contributed by atoms with Crippen LogP contribution in [0.4, 0.5) is 4.39 Å². The zero-order chi connectivity index (χ0) is 26.6. The van der Waals surface area contributed by atoms with Gasteiger partial charge >= 0.3 is 13.5 Å². The van der Waals surface area contributed by atoms with Crippen molar-refractivity contribution < 1.29 is 27.3 Å². The van der Waals surface area contributed by atoms with Crippen LogP contribution in [-0.2, 0) is 35.8 Å². The van der Waals surface area contributed by atoms with Crippen LogP contribution >= 0.6 is 7.82 Å². The molecule has 1 aromatic heterocycles. The Morgan fingerprint density at radius 3 is 2.44 bits per heavy atom. The van der Waals surface area contributed by atoms with Gasteiger partial charge in [0.1, 0.15) is 17.7 Å². The highest BCUT2D eigenvalue weighted by Crippen LogP contribution is 2.57. The first-order chi connectivity index (χ1) is 16.6. The Hall–Kier alpha value is -2.52. The Balaban J connectivity index is 1.53. The number of H-pyrrole nitrogens is 1. The standard InChI is InChI=1S/C25H32FN2O7P/c1-14-11-28(23(30)27-22(14)29)19-9-8-15(34-19)12-32-36(31)33-13-16-20(26)17(24(2,3)4)10-18(21(16)35-36)25(5,6)7/h8-11,15,19H,12-13H2,1-7H3,(H,27,29,30). The first kappa shape index (κ1) is 26.5. The monoisotopic (exact) mass is 522 g/mol. The largest absolute Gasteiger partial charge is 0.530 e. The van der Waals surface area contributed by atoms with E-state index in [2.05, 4.69) is 4.98 Å². The number of aromatic amines is 1. The number of halogens is 1. The van der Waals surface area contributed by atoms with Crippen molar-refractivity contribution in [3.05, 3.63) is 73.3 Å². The molecule has 0 bridgehead atoms. The molecule has 0 spiro atoms. The van der Waals surface area contributed by atoms with Crippen molar-refractivity contribution in [2.75, 3.05) is 6.61 Å². The van der Waals surface area contributed by atoms with E-state index in [9.17, 15) is 14.2 Å². The maximum atomic E-state index is 15.4. The summed E-state index contributed by atoms with van der Waals surface area (Å²) in [5.41, 5.74) is -0.152. The number of hydrogen-bond acceptors (Lipinski definition) is 7. The molecule has 0 fully saturated rings. The quantitative estimate of drug-likeness (QED) is 0.455. The van der Waals surface area contributed by atoms with Crippen molar-refractivity contribution in [1.82, 2.24) is 9.55 Å². The normalized spacial score (nSPS) is 24.0. The number of nitrogens with zero attached hydrogens (tertiary/aromatic N) is 1. The maximum Gasteiger partial charge on any atom is 0.530 e. The molecular weight excluding hydrogens is 490 g/mol. The molecule has 0 saturated heterocycles. The van der Waals surface area contributed by atoms with E-state index in [1.807, 2.05) is 41.5 Å². The third-order valence-corrected chi connectivity index (χ3v) is 7.43. The second-order valence-corrected chi connectivity index (χ2v) is 12.7. The molecule has 9 nitrogen and oxygen atoms in total. The highest BCUT2D eigenvalue weighted by molar-refractivity contribution is 7.49. The fourth-order valence-corrected chi connectivity index (χ4v) is 5.29. The fourth-order valence-electron chi connectivity index (χ4n) is 4.06. The van der Waals surface area contributed by atoms with Gasteiger partial charge in [0.15, 0.2) is 6.23 Å². The number of phosphoric acid groups is 1. The van der Waals surface area contributed by atoms with Crippen LogP contribution in [0.25, 0.3) is 0 Å². The van der Waals surface area contributed by atoms with E-state index in [0.29, 0.717) is 16.7 Å². The third kappa shape index (κ3) is 5.13. The Morgan fingerprint density at radius 2 is 1.81 bits per heavy atom. The number of aryl methyl sites for hydroxylation is 1. The predicted octanol–water partition coefficient (Wildman–Crippen LogP) is 4.77. The van der Waals surface area contributed by atoms with Gasteiger partial charge in [0.05, 0.1) is 18.8 Å². The summed E-state index contributed by atoms with van der Waals surface area (Å²) < 4.78 is 52.5. The summed E-state index contributed by atoms with van der Waals surface area (Å²) in [5.74, 6) is -0.262. The van der Waals surface area contributed by atoms with Crippen molar-refractivity contribution in [2.24, 2.45) is 0 Å². The van der Waals surface area contributed by atoms with Crippen LogP contribution in [-0.4, -0.2) is 22.3 Å². The van der Waals surface area contributed by atoms with Crippen LogP contribution in [0.5, 0.6) is 5.75 Å². The molecule has 0 amide bonds. The molecule has 1 aromatic carbocycles. The summed E-state index contributed by atoms with van der Waals surface area (Å²) in [4.78, 5) is 26.0. The van der Waals surface area contributed by atoms with Gasteiger partial charge in [-0.1, -0.05) is 47.6 Å². The second kappa shape index (κ2) is 9.10. The molecule has 4 rings (SSSR count). The second-order valence-electron chi connectivity index (χ2n) is 11.1. The molecule has 3 heterocycles. The number of benzene rings is 1. The van der Waals surface area contributed by atoms with Gasteiger partial charge in [-0.15, -0.1) is 0 Å². The topological polar surface area (TPSA) is 109 Å². The van der Waals surface area contributed by atoms with E-state index in [4.69, 9.17) is 18.3 Å². The van der Waals surface area contributed by atoms with Crippen LogP contribution in [0, 0.1) is 12.7 Å². The number of nitrogens with one attached hydrogen (secondary N) is 1. The van der Waals surface area contributed by atoms with E-state index in [0.717, 1.165) is 0 Å². The van der Waals surface area contributed by atoms with Crippen LogP contribution in [0.3, 0.4) is 0 Å². The van der Waals surface area contributed by atoms with Crippen LogP contribution in [0.1, 0.15) is 70.0 Å². The van der Waals surface area contributed by atoms with Crippen molar-refractivity contribution in [2.45, 2.75) is 78.2 Å². The number of fused-ring (bicyclic) bond motifs is 1. The first-order valence-corrected chi connectivity index (χ1v) is 13.2. The first-order valence-electron chi connectivity index (χ1n) is 11.7. The maximum absolute atomic E-state index is 15.4. The highest BCUT2D eigenvalue weighted by Gasteiger charge is 2.41. The number of hydrogen-bond donors (Lipinski definition) is 1. The molecule has 36 heavy (non-hydrogen) atoms. The molecule has 1 N–H and O–H groups in total. The van der Waals surface area contributed by atoms with E-state index in [1.54, 1.807) is 25.1 Å². The summed E-state index contributed by atoms with van der Waals surface area (Å²) >= 11 is 0. The summed E-state index contributed by atoms with van der Waals surface area (Å²) in [6.45, 7) is 12.8. The number of phosphoric ester groups is 1. The van der Waals surface area contributed by atoms with Crippen molar-refractivity contribution in [1.29, 1.82) is 0 Å². The number of aromatic nitrogens is 2. The zero-order valence-corrected chi connectivity index (χ0v) is 22.4. The molecule has 11 heteroatoms. The molecular formula is C25H32FN2O7P. The van der Waals surface area contributed by atoms with Gasteiger partial charge in [-0.25, -0.2) is 13.8 Å². The van der Waals surface area contributed by atoms with Gasteiger partial charge in [-0.2, -0.15) is 0 Å². The van der Waals surface area contributed by atoms with Crippen molar-refractivity contribution in [3.63, 3.8) is 0 Å². The number of ether oxygens (including phenoxy) is 1. The fraction of sp³-hybridized carbons (Fsp3) is 0.520. The minimum atomic E-state index is -4.08. The van der Waals surface area contributed by atoms with Gasteiger partial charge in [0.2, 0.25) is 0 Å². The lowest BCUT2D eigenvalue weighted by molar-refractivity contribution is -0.0131. The summed E-state index contributed by atoms with van der Waals surface area (Å²) in [7, 11) is -4.08. The van der Waals surface area contributed by atoms with E-state index in [-0.39, 0.29) is 24.5 Å². The smallest absolute Gasteiger partial charge is 0.403 e. The van der Waals surface area contributed by atoms with Gasteiger partial charge in [-0.05, 0) is 35.5 Å². The molecule has 0 saturated carbocycles. The van der Waals surface area contributed by atoms with Crippen molar-refractivity contribution >= 4 is 7.82 Å². The van der Waals surface area contributed by atoms with E-state index in [1.165, 1.54) is 10.8 Å². The molecule has 2 aliphatic rings. The van der Waals surface area contributed by atoms with Gasteiger partial charge < -0.3 is 9.26 Å². The Bertz CT molecular complexity index is 1380. The summed E-state index contributed by atoms with van der Waals surface area (Å²) in [6, 6.07) is 1.77. The lowest BCUT2D eigenvalue weighted by atomic mass is 9.78. The van der Waals surface area contributed by atoms with E-state index >= 15 is 4.39 Å². The SMILES string of the molecule is Cc1cn(C2C=CC(COP3(=O)OCc4c(F)c(C(C)(C)C)cc(C(C)(C)C)c4O3)O2)c(=O)[nH]c1=O. The van der Waals surface area contributed by atoms with Gasteiger partial charge in [-0.3, -0.25) is 23.4 Å². The molecule has 196 valence electrons. The zero-order valence-electron chi connectivity index (χ0n) is 21.5. The third-order valence-electron chi connectivity index (χ3n) is 6.12. The molecule has 0 aliphatic carbocycles. The lowest BCUT2D eigenvalue weighted by Crippen LogP contribution is -2.33. The Kier molecular flexibility index (Phi) is 6.71. The van der Waals surface area contributed by atoms with Gasteiger partial charge in [0.25, 0.3) is 5.56 Å². The van der Waals surface area contributed by atoms with Crippen LogP contribution in [0.15, 0.2) is 34.0 Å². The van der Waals surface area contributed by atoms with Crippen molar-refractivity contribution in [3.8, 4) is 5.75 Å². The number of rotatable bonds is 4. The molecule has 3 unspecified atom stereocenters. The summed E-state index contributed by atoms with van der Waals surface area (Å²) in [5, 5.41) is 0. The van der Waals surface area contributed by atoms with Crippen LogP contribution in [0.2, 0.25) is 0 Å². The Morgan fingerprint density at radius 1 is 1.14 bits per heavy atom.